The number of halogens is 2. The third-order valence-electron chi connectivity index (χ3n) is 3.98. The molecule has 0 amide bonds. The Bertz CT molecular complexity index is 536. The van der Waals surface area contributed by atoms with Gasteiger partial charge in [-0.25, -0.2) is 8.78 Å². The van der Waals surface area contributed by atoms with E-state index in [2.05, 4.69) is 0 Å². The number of fused-ring (bicyclic) bond motifs is 1. The lowest BCUT2D eigenvalue weighted by atomic mass is 9.64. The van der Waals surface area contributed by atoms with Gasteiger partial charge < -0.3 is 9.84 Å². The molecule has 0 spiro atoms. The Labute approximate surface area is 102 Å². The third-order valence-corrected chi connectivity index (χ3v) is 3.98. The molecule has 1 saturated carbocycles. The summed E-state index contributed by atoms with van der Waals surface area (Å²) in [7, 11) is 0. The number of benzene rings is 1. The van der Waals surface area contributed by atoms with Crippen molar-refractivity contribution in [2.24, 2.45) is 0 Å². The Balaban J connectivity index is 2.21. The second kappa shape index (κ2) is 3.67. The van der Waals surface area contributed by atoms with E-state index in [0.29, 0.717) is 25.0 Å². The van der Waals surface area contributed by atoms with Crippen molar-refractivity contribution < 1.29 is 23.4 Å². The molecule has 0 radical (unpaired) electrons. The van der Waals surface area contributed by atoms with Gasteiger partial charge in [0.2, 0.25) is 0 Å². The van der Waals surface area contributed by atoms with Gasteiger partial charge in [-0.05, 0) is 12.8 Å². The maximum Gasteiger partial charge on any atom is 0.314 e. The molecule has 1 aliphatic heterocycles. The van der Waals surface area contributed by atoms with Gasteiger partial charge in [0, 0.05) is 23.6 Å². The zero-order chi connectivity index (χ0) is 12.9. The molecule has 3 rings (SSSR count). The van der Waals surface area contributed by atoms with Crippen LogP contribution in [0.15, 0.2) is 6.07 Å². The van der Waals surface area contributed by atoms with Crippen molar-refractivity contribution in [1.82, 2.24) is 0 Å². The molecule has 5 heteroatoms. The fourth-order valence-corrected chi connectivity index (χ4v) is 2.80. The van der Waals surface area contributed by atoms with Crippen LogP contribution in [0, 0.1) is 11.6 Å². The van der Waals surface area contributed by atoms with Crippen molar-refractivity contribution in [3.05, 3.63) is 28.8 Å². The van der Waals surface area contributed by atoms with E-state index in [4.69, 9.17) is 4.74 Å². The summed E-state index contributed by atoms with van der Waals surface area (Å²) >= 11 is 0. The van der Waals surface area contributed by atoms with E-state index in [-0.39, 0.29) is 24.2 Å². The first kappa shape index (κ1) is 11.4. The lowest BCUT2D eigenvalue weighted by Gasteiger charge is -2.38. The summed E-state index contributed by atoms with van der Waals surface area (Å²) in [5.74, 6) is -2.49. The van der Waals surface area contributed by atoms with Gasteiger partial charge in [-0.2, -0.15) is 0 Å². The van der Waals surface area contributed by atoms with Crippen LogP contribution in [0.4, 0.5) is 8.78 Å². The van der Waals surface area contributed by atoms with Crippen LogP contribution in [0.3, 0.4) is 0 Å². The Morgan fingerprint density at radius 2 is 2.11 bits per heavy atom. The molecule has 1 heterocycles. The van der Waals surface area contributed by atoms with Crippen LogP contribution in [-0.2, 0) is 16.6 Å². The smallest absolute Gasteiger partial charge is 0.314 e. The Morgan fingerprint density at radius 1 is 1.39 bits per heavy atom. The number of carboxylic acids is 1. The topological polar surface area (TPSA) is 46.5 Å². The van der Waals surface area contributed by atoms with Crippen LogP contribution in [-0.4, -0.2) is 17.7 Å². The molecule has 1 aromatic rings. The van der Waals surface area contributed by atoms with Crippen LogP contribution < -0.4 is 4.74 Å². The summed E-state index contributed by atoms with van der Waals surface area (Å²) < 4.78 is 33.4. The predicted molar refractivity (Wildman–Crippen MR) is 58.7 cm³/mol. The first-order chi connectivity index (χ1) is 8.56. The molecule has 0 saturated heterocycles. The number of hydrogen-bond donors (Lipinski definition) is 1. The van der Waals surface area contributed by atoms with Crippen LogP contribution in [0.25, 0.3) is 0 Å². The highest BCUT2D eigenvalue weighted by molar-refractivity contribution is 5.83. The fraction of sp³-hybridized carbons (Fsp3) is 0.462. The minimum Gasteiger partial charge on any atom is -0.493 e. The highest BCUT2D eigenvalue weighted by Gasteiger charge is 2.50. The van der Waals surface area contributed by atoms with E-state index in [1.807, 2.05) is 0 Å². The van der Waals surface area contributed by atoms with Crippen molar-refractivity contribution >= 4 is 5.97 Å². The lowest BCUT2D eigenvalue weighted by molar-refractivity contribution is -0.147. The Hall–Kier alpha value is -1.65. The molecular formula is C13H12F2O3. The van der Waals surface area contributed by atoms with Crippen molar-refractivity contribution in [2.45, 2.75) is 31.1 Å². The summed E-state index contributed by atoms with van der Waals surface area (Å²) in [5.41, 5.74) is -1.37. The number of hydrogen-bond acceptors (Lipinski definition) is 2. The average molecular weight is 254 g/mol. The van der Waals surface area contributed by atoms with Crippen molar-refractivity contribution in [3.8, 4) is 5.75 Å². The normalized spacial score (nSPS) is 19.9. The Kier molecular flexibility index (Phi) is 2.33. The molecule has 0 unspecified atom stereocenters. The second-order valence-electron chi connectivity index (χ2n) is 4.86. The molecule has 2 aliphatic rings. The summed E-state index contributed by atoms with van der Waals surface area (Å²) in [6, 6.07) is 1.11. The molecule has 3 nitrogen and oxygen atoms in total. The molecule has 1 aromatic carbocycles. The van der Waals surface area contributed by atoms with Gasteiger partial charge in [-0.1, -0.05) is 6.42 Å². The maximum atomic E-state index is 14.3. The van der Waals surface area contributed by atoms with Crippen LogP contribution >= 0.6 is 0 Å². The largest absolute Gasteiger partial charge is 0.493 e. The van der Waals surface area contributed by atoms with Crippen LogP contribution in [0.2, 0.25) is 0 Å². The first-order valence-electron chi connectivity index (χ1n) is 5.94. The molecule has 0 aromatic heterocycles. The molecule has 18 heavy (non-hydrogen) atoms. The van der Waals surface area contributed by atoms with Gasteiger partial charge in [-0.15, -0.1) is 0 Å². The number of aliphatic carboxylic acids is 1. The number of rotatable bonds is 2. The summed E-state index contributed by atoms with van der Waals surface area (Å²) in [6.07, 6.45) is 1.62. The third kappa shape index (κ3) is 1.30. The summed E-state index contributed by atoms with van der Waals surface area (Å²) in [6.45, 7) is 0.315. The highest BCUT2D eigenvalue weighted by Crippen LogP contribution is 2.48. The SMILES string of the molecule is O=C(O)C1(c2c(F)cc3c(c2F)CCO3)CCC1. The van der Waals surface area contributed by atoms with Gasteiger partial charge in [0.1, 0.15) is 17.4 Å². The summed E-state index contributed by atoms with van der Waals surface area (Å²) in [5, 5.41) is 9.27. The van der Waals surface area contributed by atoms with Crippen LogP contribution in [0.1, 0.15) is 30.4 Å². The molecular weight excluding hydrogens is 242 g/mol. The van der Waals surface area contributed by atoms with Gasteiger partial charge in [-0.3, -0.25) is 4.79 Å². The number of ether oxygens (including phenoxy) is 1. The molecule has 1 fully saturated rings. The number of carbonyl (C=O) groups is 1. The molecule has 1 N–H and O–H groups in total. The van der Waals surface area contributed by atoms with Crippen molar-refractivity contribution in [1.29, 1.82) is 0 Å². The number of carboxylic acid groups (broad SMARTS) is 1. The van der Waals surface area contributed by atoms with Gasteiger partial charge in [0.15, 0.2) is 0 Å². The van der Waals surface area contributed by atoms with E-state index in [1.165, 1.54) is 0 Å². The predicted octanol–water partition coefficient (Wildman–Crippen LogP) is 2.41. The van der Waals surface area contributed by atoms with Gasteiger partial charge >= 0.3 is 5.97 Å². The van der Waals surface area contributed by atoms with E-state index in [0.717, 1.165) is 6.07 Å². The lowest BCUT2D eigenvalue weighted by Crippen LogP contribution is -2.44. The summed E-state index contributed by atoms with van der Waals surface area (Å²) in [4.78, 5) is 11.3. The highest BCUT2D eigenvalue weighted by atomic mass is 19.1. The minimum atomic E-state index is -1.38. The van der Waals surface area contributed by atoms with E-state index in [1.54, 1.807) is 0 Å². The molecule has 0 atom stereocenters. The Morgan fingerprint density at radius 3 is 2.67 bits per heavy atom. The van der Waals surface area contributed by atoms with Gasteiger partial charge in [0.05, 0.1) is 12.0 Å². The molecule has 0 bridgehead atoms. The van der Waals surface area contributed by atoms with E-state index >= 15 is 0 Å². The zero-order valence-corrected chi connectivity index (χ0v) is 9.63. The van der Waals surface area contributed by atoms with Crippen LogP contribution in [0.5, 0.6) is 5.75 Å². The van der Waals surface area contributed by atoms with Crippen molar-refractivity contribution in [2.75, 3.05) is 6.61 Å². The maximum absolute atomic E-state index is 14.3. The van der Waals surface area contributed by atoms with E-state index < -0.39 is 23.0 Å². The quantitative estimate of drug-likeness (QED) is 0.881. The van der Waals surface area contributed by atoms with E-state index in [9.17, 15) is 18.7 Å². The fourth-order valence-electron chi connectivity index (χ4n) is 2.80. The van der Waals surface area contributed by atoms with Crippen molar-refractivity contribution in [3.63, 3.8) is 0 Å². The standard InChI is InChI=1S/C13H12F2O3/c14-8-6-9-7(2-5-18-9)11(15)10(8)13(12(16)17)3-1-4-13/h6H,1-5H2,(H,16,17). The monoisotopic (exact) mass is 254 g/mol. The second-order valence-corrected chi connectivity index (χ2v) is 4.86. The molecule has 96 valence electrons. The van der Waals surface area contributed by atoms with Gasteiger partial charge in [0.25, 0.3) is 0 Å². The first-order valence-corrected chi connectivity index (χ1v) is 5.94. The molecule has 1 aliphatic carbocycles. The average Bonchev–Trinajstić information content (AvgIpc) is 2.68. The zero-order valence-electron chi connectivity index (χ0n) is 9.63. The minimum absolute atomic E-state index is 0.202.